The van der Waals surface area contributed by atoms with Crippen LogP contribution in [0.25, 0.3) is 0 Å². The quantitative estimate of drug-likeness (QED) is 0.111. The third kappa shape index (κ3) is 9.97. The number of amides is 1. The zero-order chi connectivity index (χ0) is 38.4. The molecule has 0 fully saturated rings. The standard InChI is InChI=1S/C34H35F9N4O5/c1-4-23-17-25(24-16-20(32(35,36)37)9-10-27(24)47(23)31(49)51-6-3)45-30-44-18-28(52-11-7-8-29(48)50-5-2)26(46-30)14-19-12-21(33(38,39)40)15-22(13-19)34(41,42)43/h9-10,12-13,15-16,18,23,25H,4-8,11,14,17H2,1-3H3,(H,44,45,46)/t23-,25+/m1/s1. The van der Waals surface area contributed by atoms with E-state index in [-0.39, 0.29) is 73.8 Å². The van der Waals surface area contributed by atoms with E-state index < -0.39 is 71.3 Å². The Morgan fingerprint density at radius 1 is 0.865 bits per heavy atom. The molecule has 1 aliphatic rings. The molecular weight excluding hydrogens is 715 g/mol. The Labute approximate surface area is 292 Å². The Kier molecular flexibility index (Phi) is 12.5. The number of alkyl halides is 9. The Hall–Kier alpha value is -4.77. The Morgan fingerprint density at radius 3 is 2.08 bits per heavy atom. The molecule has 18 heteroatoms. The molecule has 1 N–H and O–H groups in total. The van der Waals surface area contributed by atoms with Gasteiger partial charge in [-0.2, -0.15) is 39.5 Å². The van der Waals surface area contributed by atoms with E-state index in [1.165, 1.54) is 4.90 Å². The van der Waals surface area contributed by atoms with Gasteiger partial charge in [0.2, 0.25) is 5.95 Å². The Balaban J connectivity index is 1.76. The van der Waals surface area contributed by atoms with Gasteiger partial charge in [-0.1, -0.05) is 6.92 Å². The highest BCUT2D eigenvalue weighted by Crippen LogP contribution is 2.43. The lowest BCUT2D eigenvalue weighted by Crippen LogP contribution is -2.46. The van der Waals surface area contributed by atoms with E-state index in [0.29, 0.717) is 18.6 Å². The normalized spacial score (nSPS) is 16.3. The van der Waals surface area contributed by atoms with Gasteiger partial charge in [0, 0.05) is 18.9 Å². The van der Waals surface area contributed by atoms with Crippen molar-refractivity contribution < 1.29 is 63.3 Å². The first kappa shape index (κ1) is 40.0. The van der Waals surface area contributed by atoms with E-state index in [2.05, 4.69) is 15.3 Å². The third-order valence-electron chi connectivity index (χ3n) is 8.04. The summed E-state index contributed by atoms with van der Waals surface area (Å²) in [6.45, 7) is 4.98. The fraction of sp³-hybridized carbons (Fsp3) is 0.471. The number of ether oxygens (including phenoxy) is 3. The molecule has 3 aromatic rings. The van der Waals surface area contributed by atoms with Crippen molar-refractivity contribution in [2.45, 2.75) is 83.5 Å². The molecule has 284 valence electrons. The number of hydrogen-bond donors (Lipinski definition) is 1. The predicted octanol–water partition coefficient (Wildman–Crippen LogP) is 9.14. The number of fused-ring (bicyclic) bond motifs is 1. The van der Waals surface area contributed by atoms with Crippen LogP contribution in [-0.4, -0.2) is 47.9 Å². The minimum absolute atomic E-state index is 0.00756. The number of aromatic nitrogens is 2. The molecule has 1 aromatic heterocycles. The van der Waals surface area contributed by atoms with Gasteiger partial charge >= 0.3 is 30.6 Å². The van der Waals surface area contributed by atoms with Crippen LogP contribution < -0.4 is 15.0 Å². The summed E-state index contributed by atoms with van der Waals surface area (Å²) < 4.78 is 139. The summed E-state index contributed by atoms with van der Waals surface area (Å²) in [5, 5.41) is 2.95. The van der Waals surface area contributed by atoms with Crippen molar-refractivity contribution in [3.8, 4) is 5.75 Å². The molecule has 9 nitrogen and oxygen atoms in total. The van der Waals surface area contributed by atoms with Crippen LogP contribution >= 0.6 is 0 Å². The first-order chi connectivity index (χ1) is 24.3. The fourth-order valence-corrected chi connectivity index (χ4v) is 5.68. The van der Waals surface area contributed by atoms with Gasteiger partial charge in [0.05, 0.1) is 60.1 Å². The second kappa shape index (κ2) is 16.3. The van der Waals surface area contributed by atoms with E-state index >= 15 is 0 Å². The maximum absolute atomic E-state index is 13.8. The van der Waals surface area contributed by atoms with Crippen molar-refractivity contribution in [1.29, 1.82) is 0 Å². The summed E-state index contributed by atoms with van der Waals surface area (Å²) in [7, 11) is 0. The van der Waals surface area contributed by atoms with Crippen LogP contribution in [0.4, 0.5) is 55.9 Å². The highest BCUT2D eigenvalue weighted by molar-refractivity contribution is 5.90. The summed E-state index contributed by atoms with van der Waals surface area (Å²) in [5.74, 6) is -0.868. The maximum Gasteiger partial charge on any atom is 0.416 e. The number of carbonyl (C=O) groups excluding carboxylic acids is 2. The zero-order valence-corrected chi connectivity index (χ0v) is 28.1. The molecule has 2 aromatic carbocycles. The molecule has 2 atom stereocenters. The highest BCUT2D eigenvalue weighted by atomic mass is 19.4. The van der Waals surface area contributed by atoms with Crippen molar-refractivity contribution in [3.05, 3.63) is 76.1 Å². The SMILES string of the molecule is CCOC(=O)CCCOc1cnc(N[C@H]2C[C@@H](CC)N(C(=O)OCC)c3ccc(C(F)(F)F)cc32)nc1Cc1cc(C(F)(F)F)cc(C(F)(F)F)c1. The fourth-order valence-electron chi connectivity index (χ4n) is 5.68. The molecule has 0 saturated carbocycles. The maximum atomic E-state index is 13.8. The van der Waals surface area contributed by atoms with Crippen LogP contribution in [0.1, 0.15) is 86.0 Å². The van der Waals surface area contributed by atoms with Crippen molar-refractivity contribution in [1.82, 2.24) is 9.97 Å². The average Bonchev–Trinajstić information content (AvgIpc) is 3.06. The van der Waals surface area contributed by atoms with Crippen molar-refractivity contribution >= 4 is 23.7 Å². The largest absolute Gasteiger partial charge is 0.490 e. The molecule has 0 spiro atoms. The van der Waals surface area contributed by atoms with Gasteiger partial charge in [-0.3, -0.25) is 9.69 Å². The molecule has 1 aliphatic heterocycles. The monoisotopic (exact) mass is 750 g/mol. The van der Waals surface area contributed by atoms with Crippen molar-refractivity contribution in [3.63, 3.8) is 0 Å². The lowest BCUT2D eigenvalue weighted by molar-refractivity contribution is -0.144. The van der Waals surface area contributed by atoms with Crippen LogP contribution in [0.5, 0.6) is 5.75 Å². The molecule has 0 saturated heterocycles. The summed E-state index contributed by atoms with van der Waals surface area (Å²) >= 11 is 0. The minimum atomic E-state index is -5.11. The van der Waals surface area contributed by atoms with Gasteiger partial charge in [-0.25, -0.2) is 14.8 Å². The van der Waals surface area contributed by atoms with Crippen LogP contribution in [-0.2, 0) is 39.2 Å². The molecule has 2 heterocycles. The second-order valence-electron chi connectivity index (χ2n) is 11.7. The molecule has 4 rings (SSSR count). The lowest BCUT2D eigenvalue weighted by atomic mass is 9.89. The topological polar surface area (TPSA) is 103 Å². The van der Waals surface area contributed by atoms with E-state index in [1.807, 2.05) is 0 Å². The number of halogens is 9. The predicted molar refractivity (Wildman–Crippen MR) is 169 cm³/mol. The summed E-state index contributed by atoms with van der Waals surface area (Å²) in [6.07, 6.45) is -14.7. The molecule has 0 radical (unpaired) electrons. The summed E-state index contributed by atoms with van der Waals surface area (Å²) in [6, 6.07) is 2.42. The first-order valence-electron chi connectivity index (χ1n) is 16.2. The van der Waals surface area contributed by atoms with Crippen molar-refractivity contribution in [2.24, 2.45) is 0 Å². The Bertz CT molecular complexity index is 1700. The van der Waals surface area contributed by atoms with Crippen molar-refractivity contribution in [2.75, 3.05) is 30.0 Å². The Morgan fingerprint density at radius 2 is 1.50 bits per heavy atom. The lowest BCUT2D eigenvalue weighted by Gasteiger charge is -2.40. The van der Waals surface area contributed by atoms with Gasteiger partial charge in [-0.05, 0) is 80.6 Å². The molecule has 1 amide bonds. The zero-order valence-electron chi connectivity index (χ0n) is 28.1. The second-order valence-corrected chi connectivity index (χ2v) is 11.7. The van der Waals surface area contributed by atoms with Gasteiger partial charge < -0.3 is 19.5 Å². The third-order valence-corrected chi connectivity index (χ3v) is 8.04. The number of hydrogen-bond acceptors (Lipinski definition) is 8. The summed E-state index contributed by atoms with van der Waals surface area (Å²) in [4.78, 5) is 34.5. The number of nitrogens with zero attached hydrogens (tertiary/aromatic N) is 3. The first-order valence-corrected chi connectivity index (χ1v) is 16.2. The molecular formula is C34H35F9N4O5. The number of esters is 1. The van der Waals surface area contributed by atoms with Gasteiger partial charge in [0.25, 0.3) is 0 Å². The molecule has 0 bridgehead atoms. The highest BCUT2D eigenvalue weighted by Gasteiger charge is 2.40. The number of anilines is 2. The van der Waals surface area contributed by atoms with E-state index in [0.717, 1.165) is 24.4 Å². The summed E-state index contributed by atoms with van der Waals surface area (Å²) in [5.41, 5.74) is -4.49. The van der Waals surface area contributed by atoms with Gasteiger partial charge in [0.15, 0.2) is 5.75 Å². The van der Waals surface area contributed by atoms with Crippen LogP contribution in [0.2, 0.25) is 0 Å². The van der Waals surface area contributed by atoms with Gasteiger partial charge in [0.1, 0.15) is 0 Å². The molecule has 0 unspecified atom stereocenters. The van der Waals surface area contributed by atoms with Crippen LogP contribution in [0, 0.1) is 0 Å². The van der Waals surface area contributed by atoms with E-state index in [1.54, 1.807) is 20.8 Å². The molecule has 0 aliphatic carbocycles. The molecule has 52 heavy (non-hydrogen) atoms. The van der Waals surface area contributed by atoms with E-state index in [9.17, 15) is 49.1 Å². The van der Waals surface area contributed by atoms with E-state index in [4.69, 9.17) is 14.2 Å². The van der Waals surface area contributed by atoms with Crippen LogP contribution in [0.15, 0.2) is 42.6 Å². The minimum Gasteiger partial charge on any atom is -0.490 e. The van der Waals surface area contributed by atoms with Gasteiger partial charge in [-0.15, -0.1) is 0 Å². The average molecular weight is 751 g/mol. The van der Waals surface area contributed by atoms with Crippen LogP contribution in [0.3, 0.4) is 0 Å². The number of benzene rings is 2. The smallest absolute Gasteiger partial charge is 0.416 e. The number of carbonyl (C=O) groups is 2. The number of rotatable bonds is 12. The number of nitrogens with one attached hydrogen (secondary N) is 1.